The highest BCUT2D eigenvalue weighted by atomic mass is 16.6. The normalized spacial score (nSPS) is 12.5. The fraction of sp³-hybridized carbons (Fsp3) is 0.825. The van der Waals surface area contributed by atoms with Gasteiger partial charge in [-0.05, 0) is 44.9 Å². The summed E-state index contributed by atoms with van der Waals surface area (Å²) < 4.78 is 17.4. The molecule has 0 bridgehead atoms. The third-order valence-electron chi connectivity index (χ3n) is 11.9. The lowest BCUT2D eigenvalue weighted by atomic mass is 10.0. The molecular weight excluding hydrogens is 765 g/mol. The highest BCUT2D eigenvalue weighted by molar-refractivity contribution is 5.70. The number of hydrogen-bond donors (Lipinski definition) is 0. The van der Waals surface area contributed by atoms with Crippen molar-refractivity contribution in [3.05, 3.63) is 48.6 Å². The van der Waals surface area contributed by atoms with Crippen molar-refractivity contribution in [2.45, 2.75) is 284 Å². The van der Waals surface area contributed by atoms with E-state index in [0.29, 0.717) is 25.9 Å². The number of rotatable bonds is 50. The second-order valence-corrected chi connectivity index (χ2v) is 18.1. The second kappa shape index (κ2) is 53.2. The molecule has 0 aromatic rings. The van der Waals surface area contributed by atoms with Crippen molar-refractivity contribution in [3.8, 4) is 0 Å². The molecule has 0 saturated carbocycles. The largest absolute Gasteiger partial charge is 0.462 e. The third-order valence-corrected chi connectivity index (χ3v) is 11.9. The first-order valence-electron chi connectivity index (χ1n) is 27.2. The Bertz CT molecular complexity index is 1030. The van der Waals surface area contributed by atoms with Crippen LogP contribution < -0.4 is 0 Å². The van der Waals surface area contributed by atoms with Crippen LogP contribution in [0.2, 0.25) is 0 Å². The number of unbranched alkanes of at least 4 members (excludes halogenated alkanes) is 31. The fourth-order valence-corrected chi connectivity index (χ4v) is 7.88. The Morgan fingerprint density at radius 1 is 0.371 bits per heavy atom. The molecule has 0 spiro atoms. The van der Waals surface area contributed by atoms with Gasteiger partial charge in [-0.3, -0.25) is 9.59 Å². The highest BCUT2D eigenvalue weighted by Crippen LogP contribution is 2.16. The zero-order valence-electron chi connectivity index (χ0n) is 41.6. The minimum Gasteiger partial charge on any atom is -0.462 e. The molecule has 0 amide bonds. The molecule has 5 nitrogen and oxygen atoms in total. The van der Waals surface area contributed by atoms with E-state index in [2.05, 4.69) is 63.3 Å². The summed E-state index contributed by atoms with van der Waals surface area (Å²) in [6.07, 6.45) is 65.7. The third kappa shape index (κ3) is 50.5. The van der Waals surface area contributed by atoms with Crippen LogP contribution in [0.25, 0.3) is 0 Å². The Kier molecular flexibility index (Phi) is 51.4. The Hall–Kier alpha value is -2.14. The second-order valence-electron chi connectivity index (χ2n) is 18.1. The van der Waals surface area contributed by atoms with Crippen LogP contribution in [0.5, 0.6) is 0 Å². The van der Waals surface area contributed by atoms with Crippen molar-refractivity contribution in [2.24, 2.45) is 0 Å². The van der Waals surface area contributed by atoms with Crippen LogP contribution in [0.15, 0.2) is 48.6 Å². The summed E-state index contributed by atoms with van der Waals surface area (Å²) in [5.74, 6) is -0.475. The van der Waals surface area contributed by atoms with Crippen molar-refractivity contribution in [1.29, 1.82) is 0 Å². The maximum atomic E-state index is 12.8. The molecule has 0 N–H and O–H groups in total. The lowest BCUT2D eigenvalue weighted by molar-refractivity contribution is -0.162. The summed E-state index contributed by atoms with van der Waals surface area (Å²) in [6, 6.07) is 0. The van der Waals surface area contributed by atoms with Gasteiger partial charge in [0.2, 0.25) is 0 Å². The number of ether oxygens (including phenoxy) is 3. The first kappa shape index (κ1) is 59.9. The van der Waals surface area contributed by atoms with Gasteiger partial charge in [-0.2, -0.15) is 0 Å². The summed E-state index contributed by atoms with van der Waals surface area (Å²) >= 11 is 0. The average molecular weight is 869 g/mol. The Balaban J connectivity index is 4.27. The molecule has 62 heavy (non-hydrogen) atoms. The quantitative estimate of drug-likeness (QED) is 0.0346. The molecule has 0 fully saturated rings. The predicted molar refractivity (Wildman–Crippen MR) is 270 cm³/mol. The van der Waals surface area contributed by atoms with Crippen molar-refractivity contribution >= 4 is 11.9 Å². The molecular formula is C57H104O5. The van der Waals surface area contributed by atoms with E-state index < -0.39 is 6.10 Å². The zero-order chi connectivity index (χ0) is 44.9. The van der Waals surface area contributed by atoms with E-state index in [4.69, 9.17) is 14.2 Å². The Morgan fingerprint density at radius 2 is 0.726 bits per heavy atom. The Labute approximate surface area is 386 Å². The number of carbonyl (C=O) groups is 2. The number of carbonyl (C=O) groups excluding carboxylic acids is 2. The van der Waals surface area contributed by atoms with Crippen LogP contribution >= 0.6 is 0 Å². The van der Waals surface area contributed by atoms with Crippen molar-refractivity contribution in [3.63, 3.8) is 0 Å². The molecule has 362 valence electrons. The van der Waals surface area contributed by atoms with Crippen molar-refractivity contribution in [2.75, 3.05) is 19.8 Å². The number of allylic oxidation sites excluding steroid dienone is 8. The van der Waals surface area contributed by atoms with Crippen molar-refractivity contribution < 1.29 is 23.8 Å². The molecule has 0 aromatic carbocycles. The van der Waals surface area contributed by atoms with Gasteiger partial charge in [0.1, 0.15) is 6.61 Å². The average Bonchev–Trinajstić information content (AvgIpc) is 3.27. The SMILES string of the molecule is CC/C=C\C/C=C\C/C=C\C/C=C\CCC(=O)OC(COCCCCCCCCCCCCCCCCCCCC)COC(=O)CCCCCCCCCCCCCCCCC. The molecule has 1 atom stereocenters. The highest BCUT2D eigenvalue weighted by Gasteiger charge is 2.17. The van der Waals surface area contributed by atoms with E-state index in [9.17, 15) is 9.59 Å². The molecule has 0 rings (SSSR count). The zero-order valence-corrected chi connectivity index (χ0v) is 41.6. The Morgan fingerprint density at radius 3 is 1.13 bits per heavy atom. The summed E-state index contributed by atoms with van der Waals surface area (Å²) in [5.41, 5.74) is 0. The van der Waals surface area contributed by atoms with Gasteiger partial charge in [0.25, 0.3) is 0 Å². The molecule has 0 aromatic heterocycles. The van der Waals surface area contributed by atoms with E-state index in [-0.39, 0.29) is 25.2 Å². The molecule has 0 saturated heterocycles. The number of esters is 2. The van der Waals surface area contributed by atoms with Gasteiger partial charge in [-0.25, -0.2) is 0 Å². The summed E-state index contributed by atoms with van der Waals surface area (Å²) in [5, 5.41) is 0. The van der Waals surface area contributed by atoms with E-state index in [1.54, 1.807) is 0 Å². The van der Waals surface area contributed by atoms with Crippen LogP contribution in [0.3, 0.4) is 0 Å². The fourth-order valence-electron chi connectivity index (χ4n) is 7.88. The minimum atomic E-state index is -0.569. The lowest BCUT2D eigenvalue weighted by Crippen LogP contribution is -2.30. The van der Waals surface area contributed by atoms with Gasteiger partial charge in [0.15, 0.2) is 6.10 Å². The van der Waals surface area contributed by atoms with Crippen LogP contribution in [0.4, 0.5) is 0 Å². The van der Waals surface area contributed by atoms with Crippen molar-refractivity contribution in [1.82, 2.24) is 0 Å². The minimum absolute atomic E-state index is 0.0619. The van der Waals surface area contributed by atoms with E-state index in [1.165, 1.54) is 186 Å². The molecule has 0 radical (unpaired) electrons. The lowest BCUT2D eigenvalue weighted by Gasteiger charge is -2.18. The van der Waals surface area contributed by atoms with E-state index >= 15 is 0 Å². The van der Waals surface area contributed by atoms with Crippen LogP contribution in [-0.2, 0) is 23.8 Å². The number of hydrogen-bond acceptors (Lipinski definition) is 5. The maximum Gasteiger partial charge on any atom is 0.306 e. The monoisotopic (exact) mass is 869 g/mol. The molecule has 5 heteroatoms. The molecule has 1 unspecified atom stereocenters. The van der Waals surface area contributed by atoms with Gasteiger partial charge < -0.3 is 14.2 Å². The van der Waals surface area contributed by atoms with E-state index in [0.717, 1.165) is 51.4 Å². The van der Waals surface area contributed by atoms with Crippen LogP contribution in [0, 0.1) is 0 Å². The smallest absolute Gasteiger partial charge is 0.306 e. The topological polar surface area (TPSA) is 61.8 Å². The summed E-state index contributed by atoms with van der Waals surface area (Å²) in [6.45, 7) is 7.69. The van der Waals surface area contributed by atoms with Crippen LogP contribution in [0.1, 0.15) is 278 Å². The first-order chi connectivity index (χ1) is 30.6. The molecule has 0 aliphatic rings. The van der Waals surface area contributed by atoms with Crippen LogP contribution in [-0.4, -0.2) is 37.9 Å². The summed E-state index contributed by atoms with van der Waals surface area (Å²) in [4.78, 5) is 25.4. The summed E-state index contributed by atoms with van der Waals surface area (Å²) in [7, 11) is 0. The predicted octanol–water partition coefficient (Wildman–Crippen LogP) is 18.3. The van der Waals surface area contributed by atoms with Gasteiger partial charge in [-0.1, -0.05) is 268 Å². The standard InChI is InChI=1S/C57H104O5/c1-4-7-10-13-16-19-22-25-27-28-29-31-34-37-40-43-46-49-52-60-53-55(62-57(59)51-48-45-42-39-36-32-24-21-18-15-12-9-6-3)54-61-56(58)50-47-44-41-38-35-33-30-26-23-20-17-14-11-8-5-2/h9,12,18,21,32,36,42,45,55H,4-8,10-11,13-17,19-20,22-31,33-35,37-41,43-44,46-54H2,1-3H3/b12-9-,21-18-,36-32-,45-42-. The van der Waals surface area contributed by atoms with Gasteiger partial charge in [0.05, 0.1) is 6.61 Å². The first-order valence-corrected chi connectivity index (χ1v) is 27.2. The van der Waals surface area contributed by atoms with Gasteiger partial charge in [0, 0.05) is 19.4 Å². The molecule has 0 aliphatic heterocycles. The molecule has 0 aliphatic carbocycles. The molecule has 0 heterocycles. The van der Waals surface area contributed by atoms with E-state index in [1.807, 2.05) is 6.08 Å². The van der Waals surface area contributed by atoms with Gasteiger partial charge >= 0.3 is 11.9 Å². The maximum absolute atomic E-state index is 12.8. The van der Waals surface area contributed by atoms with Gasteiger partial charge in [-0.15, -0.1) is 0 Å².